The van der Waals surface area contributed by atoms with Gasteiger partial charge in [0, 0.05) is 11.8 Å². The Morgan fingerprint density at radius 1 is 0.833 bits per heavy atom. The Kier molecular flexibility index (Phi) is 1.83. The molecule has 0 aromatic heterocycles. The summed E-state index contributed by atoms with van der Waals surface area (Å²) in [4.78, 5) is 22.2. The van der Waals surface area contributed by atoms with Crippen molar-refractivity contribution >= 4 is 11.6 Å². The Balaban J connectivity index is 1.82. The minimum atomic E-state index is 0.143. The van der Waals surface area contributed by atoms with E-state index in [1.807, 2.05) is 0 Å². The topological polar surface area (TPSA) is 34.1 Å². The van der Waals surface area contributed by atoms with Crippen LogP contribution in [0.3, 0.4) is 0 Å². The van der Waals surface area contributed by atoms with Gasteiger partial charge in [0.25, 0.3) is 0 Å². The van der Waals surface area contributed by atoms with Gasteiger partial charge in [-0.25, -0.2) is 0 Å². The Bertz CT molecular complexity index is 219. The second-order valence-corrected chi connectivity index (χ2v) is 3.69. The maximum absolute atomic E-state index is 11.1. The standard InChI is InChI=1S/C10H12O2/c11-9(7-1-2-7)5-6-10(12)8-3-4-8/h5-8H,1-4H2/b6-5+. The molecule has 0 spiro atoms. The summed E-state index contributed by atoms with van der Waals surface area (Å²) in [5.74, 6) is 0.773. The minimum absolute atomic E-state index is 0.143. The number of allylic oxidation sites excluding steroid dienone is 2. The zero-order chi connectivity index (χ0) is 8.55. The fourth-order valence-corrected chi connectivity index (χ4v) is 1.17. The van der Waals surface area contributed by atoms with Crippen LogP contribution in [0.25, 0.3) is 0 Å². The average molecular weight is 164 g/mol. The van der Waals surface area contributed by atoms with Crippen molar-refractivity contribution in [3.8, 4) is 0 Å². The van der Waals surface area contributed by atoms with Crippen molar-refractivity contribution in [2.45, 2.75) is 25.7 Å². The van der Waals surface area contributed by atoms with Crippen molar-refractivity contribution < 1.29 is 9.59 Å². The highest BCUT2D eigenvalue weighted by atomic mass is 16.1. The van der Waals surface area contributed by atoms with E-state index in [0.717, 1.165) is 25.7 Å². The molecule has 0 aliphatic heterocycles. The first-order valence-corrected chi connectivity index (χ1v) is 4.53. The van der Waals surface area contributed by atoms with Crippen LogP contribution in [-0.4, -0.2) is 11.6 Å². The van der Waals surface area contributed by atoms with E-state index in [0.29, 0.717) is 0 Å². The summed E-state index contributed by atoms with van der Waals surface area (Å²) in [7, 11) is 0. The molecule has 12 heavy (non-hydrogen) atoms. The maximum atomic E-state index is 11.1. The van der Waals surface area contributed by atoms with E-state index in [2.05, 4.69) is 0 Å². The van der Waals surface area contributed by atoms with E-state index in [-0.39, 0.29) is 23.4 Å². The lowest BCUT2D eigenvalue weighted by molar-refractivity contribution is -0.117. The quantitative estimate of drug-likeness (QED) is 0.590. The van der Waals surface area contributed by atoms with Crippen LogP contribution in [0.15, 0.2) is 12.2 Å². The minimum Gasteiger partial charge on any atom is -0.295 e. The molecule has 2 rings (SSSR count). The van der Waals surface area contributed by atoms with Crippen LogP contribution in [0.2, 0.25) is 0 Å². The molecule has 64 valence electrons. The molecule has 0 unspecified atom stereocenters. The first-order valence-electron chi connectivity index (χ1n) is 4.53. The Labute approximate surface area is 71.6 Å². The molecule has 0 bridgehead atoms. The molecule has 2 aliphatic rings. The smallest absolute Gasteiger partial charge is 0.158 e. The van der Waals surface area contributed by atoms with E-state index in [1.54, 1.807) is 0 Å². The van der Waals surface area contributed by atoms with Gasteiger partial charge in [0.2, 0.25) is 0 Å². The normalized spacial score (nSPS) is 23.0. The van der Waals surface area contributed by atoms with Crippen LogP contribution in [0.1, 0.15) is 25.7 Å². The summed E-state index contributed by atoms with van der Waals surface area (Å²) >= 11 is 0. The van der Waals surface area contributed by atoms with Gasteiger partial charge in [0.1, 0.15) is 0 Å². The molecule has 0 aromatic rings. The average Bonchev–Trinajstić information content (AvgIpc) is 2.91. The van der Waals surface area contributed by atoms with Crippen LogP contribution in [0.4, 0.5) is 0 Å². The Hall–Kier alpha value is -0.920. The second kappa shape index (κ2) is 2.85. The van der Waals surface area contributed by atoms with Crippen LogP contribution in [0.5, 0.6) is 0 Å². The summed E-state index contributed by atoms with van der Waals surface area (Å²) in [6.07, 6.45) is 7.00. The number of carbonyl (C=O) groups is 2. The third-order valence-electron chi connectivity index (χ3n) is 2.37. The highest BCUT2D eigenvalue weighted by Gasteiger charge is 2.30. The maximum Gasteiger partial charge on any atom is 0.158 e. The van der Waals surface area contributed by atoms with E-state index >= 15 is 0 Å². The molecule has 0 atom stereocenters. The summed E-state index contributed by atoms with van der Waals surface area (Å²) in [5.41, 5.74) is 0. The molecule has 2 aliphatic carbocycles. The van der Waals surface area contributed by atoms with E-state index in [9.17, 15) is 9.59 Å². The van der Waals surface area contributed by atoms with Gasteiger partial charge in [0.15, 0.2) is 11.6 Å². The van der Waals surface area contributed by atoms with Crippen LogP contribution in [-0.2, 0) is 9.59 Å². The van der Waals surface area contributed by atoms with Crippen molar-refractivity contribution in [2.75, 3.05) is 0 Å². The zero-order valence-electron chi connectivity index (χ0n) is 6.95. The molecule has 2 heteroatoms. The predicted molar refractivity (Wildman–Crippen MR) is 44.6 cm³/mol. The lowest BCUT2D eigenvalue weighted by atomic mass is 10.2. The fourth-order valence-electron chi connectivity index (χ4n) is 1.17. The fraction of sp³-hybridized carbons (Fsp3) is 0.600. The summed E-state index contributed by atoms with van der Waals surface area (Å²) in [6, 6.07) is 0. The van der Waals surface area contributed by atoms with Crippen molar-refractivity contribution in [1.82, 2.24) is 0 Å². The van der Waals surface area contributed by atoms with Gasteiger partial charge in [-0.15, -0.1) is 0 Å². The molecule has 0 aromatic carbocycles. The summed E-state index contributed by atoms with van der Waals surface area (Å²) in [6.45, 7) is 0. The lowest BCUT2D eigenvalue weighted by Gasteiger charge is -1.87. The number of carbonyl (C=O) groups excluding carboxylic acids is 2. The van der Waals surface area contributed by atoms with Crippen LogP contribution >= 0.6 is 0 Å². The van der Waals surface area contributed by atoms with Crippen molar-refractivity contribution in [3.05, 3.63) is 12.2 Å². The molecule has 0 saturated heterocycles. The van der Waals surface area contributed by atoms with E-state index in [1.165, 1.54) is 12.2 Å². The van der Waals surface area contributed by atoms with Gasteiger partial charge < -0.3 is 0 Å². The highest BCUT2D eigenvalue weighted by molar-refractivity contribution is 6.01. The Morgan fingerprint density at radius 3 is 1.42 bits per heavy atom. The van der Waals surface area contributed by atoms with Gasteiger partial charge in [-0.2, -0.15) is 0 Å². The van der Waals surface area contributed by atoms with Crippen molar-refractivity contribution in [3.63, 3.8) is 0 Å². The third kappa shape index (κ3) is 1.81. The van der Waals surface area contributed by atoms with Crippen molar-refractivity contribution in [1.29, 1.82) is 0 Å². The van der Waals surface area contributed by atoms with Crippen molar-refractivity contribution in [2.24, 2.45) is 11.8 Å². The van der Waals surface area contributed by atoms with Gasteiger partial charge in [0.05, 0.1) is 0 Å². The summed E-state index contributed by atoms with van der Waals surface area (Å²) in [5, 5.41) is 0. The van der Waals surface area contributed by atoms with Gasteiger partial charge >= 0.3 is 0 Å². The first-order chi connectivity index (χ1) is 5.77. The first kappa shape index (κ1) is 7.71. The molecule has 0 amide bonds. The number of ketones is 2. The lowest BCUT2D eigenvalue weighted by Crippen LogP contribution is -1.99. The second-order valence-electron chi connectivity index (χ2n) is 3.69. The SMILES string of the molecule is O=C(/C=C/C(=O)C1CC1)C1CC1. The Morgan fingerprint density at radius 2 is 1.17 bits per heavy atom. The molecule has 2 nitrogen and oxygen atoms in total. The third-order valence-corrected chi connectivity index (χ3v) is 2.37. The molecule has 0 radical (unpaired) electrons. The molecule has 2 saturated carbocycles. The monoisotopic (exact) mass is 164 g/mol. The van der Waals surface area contributed by atoms with Crippen LogP contribution in [0, 0.1) is 11.8 Å². The molecule has 2 fully saturated rings. The zero-order valence-corrected chi connectivity index (χ0v) is 6.95. The number of rotatable bonds is 4. The molecule has 0 heterocycles. The van der Waals surface area contributed by atoms with Crippen LogP contribution < -0.4 is 0 Å². The number of hydrogen-bond donors (Lipinski definition) is 0. The van der Waals surface area contributed by atoms with E-state index < -0.39 is 0 Å². The predicted octanol–water partition coefficient (Wildman–Crippen LogP) is 1.50. The number of hydrogen-bond acceptors (Lipinski definition) is 2. The van der Waals surface area contributed by atoms with E-state index in [4.69, 9.17) is 0 Å². The van der Waals surface area contributed by atoms with Gasteiger partial charge in [-0.05, 0) is 37.8 Å². The molecule has 0 N–H and O–H groups in total. The van der Waals surface area contributed by atoms with Gasteiger partial charge in [-0.3, -0.25) is 9.59 Å². The van der Waals surface area contributed by atoms with Gasteiger partial charge in [-0.1, -0.05) is 0 Å². The highest BCUT2D eigenvalue weighted by Crippen LogP contribution is 2.32. The molecular formula is C10H12O2. The largest absolute Gasteiger partial charge is 0.295 e. The molecular weight excluding hydrogens is 152 g/mol. The summed E-state index contributed by atoms with van der Waals surface area (Å²) < 4.78 is 0.